The summed E-state index contributed by atoms with van der Waals surface area (Å²) in [5.74, 6) is 1.44. The van der Waals surface area contributed by atoms with Crippen molar-refractivity contribution in [2.24, 2.45) is 4.99 Å². The standard InChI is InChI=1S/C4H8N2O2S/c1-9-2-3-5-4(7)8-6-3/h4,7H,2H2,1H3,(H,5,6). The van der Waals surface area contributed by atoms with Gasteiger partial charge in [-0.25, -0.2) is 15.3 Å². The van der Waals surface area contributed by atoms with Crippen molar-refractivity contribution < 1.29 is 9.94 Å². The van der Waals surface area contributed by atoms with Gasteiger partial charge in [0.05, 0.1) is 5.75 Å². The molecular formula is C4H8N2O2S. The molecule has 0 aromatic rings. The van der Waals surface area contributed by atoms with Gasteiger partial charge in [0.1, 0.15) is 5.84 Å². The predicted octanol–water partition coefficient (Wildman–Crippen LogP) is -0.441. The van der Waals surface area contributed by atoms with Crippen LogP contribution < -0.4 is 5.48 Å². The zero-order valence-corrected chi connectivity index (χ0v) is 5.81. The highest BCUT2D eigenvalue weighted by atomic mass is 32.2. The van der Waals surface area contributed by atoms with Gasteiger partial charge in [0, 0.05) is 0 Å². The van der Waals surface area contributed by atoms with E-state index < -0.39 is 6.41 Å². The van der Waals surface area contributed by atoms with Crippen LogP contribution in [-0.2, 0) is 4.84 Å². The smallest absolute Gasteiger partial charge is 0.280 e. The number of rotatable bonds is 2. The molecule has 0 amide bonds. The van der Waals surface area contributed by atoms with Gasteiger partial charge in [0.2, 0.25) is 0 Å². The summed E-state index contributed by atoms with van der Waals surface area (Å²) in [6.07, 6.45) is 0.946. The minimum Gasteiger partial charge on any atom is -0.348 e. The normalized spacial score (nSPS) is 25.6. The van der Waals surface area contributed by atoms with Gasteiger partial charge < -0.3 is 5.11 Å². The fourth-order valence-electron chi connectivity index (χ4n) is 0.510. The van der Waals surface area contributed by atoms with E-state index in [2.05, 4.69) is 15.3 Å². The number of aliphatic hydroxyl groups is 1. The van der Waals surface area contributed by atoms with Crippen LogP contribution in [0.1, 0.15) is 0 Å². The highest BCUT2D eigenvalue weighted by Crippen LogP contribution is 2.00. The summed E-state index contributed by atoms with van der Waals surface area (Å²) >= 11 is 1.62. The van der Waals surface area contributed by atoms with Crippen molar-refractivity contribution in [3.63, 3.8) is 0 Å². The molecule has 0 aromatic carbocycles. The number of hydrogen-bond donors (Lipinski definition) is 2. The SMILES string of the molecule is CSCC1=NC(O)ON1. The Labute approximate surface area is 57.3 Å². The van der Waals surface area contributed by atoms with E-state index in [4.69, 9.17) is 5.11 Å². The number of amidine groups is 1. The first kappa shape index (κ1) is 6.85. The summed E-state index contributed by atoms with van der Waals surface area (Å²) in [4.78, 5) is 8.20. The van der Waals surface area contributed by atoms with Crippen LogP contribution >= 0.6 is 11.8 Å². The monoisotopic (exact) mass is 148 g/mol. The number of hydroxylamine groups is 1. The maximum Gasteiger partial charge on any atom is 0.280 e. The van der Waals surface area contributed by atoms with Gasteiger partial charge in [-0.3, -0.25) is 0 Å². The van der Waals surface area contributed by atoms with Crippen LogP contribution in [0.2, 0.25) is 0 Å². The van der Waals surface area contributed by atoms with Gasteiger partial charge in [0.25, 0.3) is 6.41 Å². The van der Waals surface area contributed by atoms with E-state index in [-0.39, 0.29) is 0 Å². The van der Waals surface area contributed by atoms with Gasteiger partial charge >= 0.3 is 0 Å². The van der Waals surface area contributed by atoms with E-state index in [9.17, 15) is 0 Å². The number of aliphatic hydroxyl groups excluding tert-OH is 1. The number of aliphatic imine (C=N–C) groups is 1. The molecule has 0 aromatic heterocycles. The van der Waals surface area contributed by atoms with Crippen LogP contribution in [0.15, 0.2) is 4.99 Å². The Morgan fingerprint density at radius 3 is 3.22 bits per heavy atom. The van der Waals surface area contributed by atoms with Crippen LogP contribution in [0.25, 0.3) is 0 Å². The van der Waals surface area contributed by atoms with E-state index in [1.807, 2.05) is 6.26 Å². The molecule has 52 valence electrons. The molecule has 5 heteroatoms. The molecule has 1 aliphatic rings. The van der Waals surface area contributed by atoms with Crippen molar-refractivity contribution in [1.82, 2.24) is 5.48 Å². The molecule has 9 heavy (non-hydrogen) atoms. The van der Waals surface area contributed by atoms with Gasteiger partial charge in [0.15, 0.2) is 0 Å². The van der Waals surface area contributed by atoms with E-state index >= 15 is 0 Å². The van der Waals surface area contributed by atoms with Crippen molar-refractivity contribution in [2.45, 2.75) is 6.41 Å². The van der Waals surface area contributed by atoms with Gasteiger partial charge in [-0.2, -0.15) is 11.8 Å². The molecule has 0 spiro atoms. The van der Waals surface area contributed by atoms with Crippen molar-refractivity contribution in [3.8, 4) is 0 Å². The van der Waals surface area contributed by atoms with E-state index in [0.717, 1.165) is 5.75 Å². The second-order valence-corrected chi connectivity index (χ2v) is 2.42. The van der Waals surface area contributed by atoms with Crippen LogP contribution in [0, 0.1) is 0 Å². The van der Waals surface area contributed by atoms with Crippen molar-refractivity contribution >= 4 is 17.6 Å². The third-order valence-corrected chi connectivity index (χ3v) is 1.39. The lowest BCUT2D eigenvalue weighted by molar-refractivity contribution is -0.102. The number of nitrogens with one attached hydrogen (secondary N) is 1. The fraction of sp³-hybridized carbons (Fsp3) is 0.750. The van der Waals surface area contributed by atoms with E-state index in [0.29, 0.717) is 5.84 Å². The first-order chi connectivity index (χ1) is 4.33. The summed E-state index contributed by atoms with van der Waals surface area (Å²) in [6, 6.07) is 0. The number of hydrogen-bond acceptors (Lipinski definition) is 5. The maximum atomic E-state index is 8.64. The summed E-state index contributed by atoms with van der Waals surface area (Å²) in [5.41, 5.74) is 2.49. The lowest BCUT2D eigenvalue weighted by Crippen LogP contribution is -2.19. The second kappa shape index (κ2) is 3.05. The van der Waals surface area contributed by atoms with Crippen molar-refractivity contribution in [2.75, 3.05) is 12.0 Å². The third kappa shape index (κ3) is 1.85. The Morgan fingerprint density at radius 2 is 2.78 bits per heavy atom. The molecule has 0 radical (unpaired) electrons. The highest BCUT2D eigenvalue weighted by molar-refractivity contribution is 7.99. The lowest BCUT2D eigenvalue weighted by Gasteiger charge is -1.95. The summed E-state index contributed by atoms with van der Waals surface area (Å²) in [5, 5.41) is 8.64. The zero-order chi connectivity index (χ0) is 6.69. The fourth-order valence-corrected chi connectivity index (χ4v) is 0.917. The first-order valence-corrected chi connectivity index (χ1v) is 3.87. The van der Waals surface area contributed by atoms with Crippen LogP contribution in [0.5, 0.6) is 0 Å². The molecule has 1 aliphatic heterocycles. The lowest BCUT2D eigenvalue weighted by atomic mass is 10.7. The molecule has 4 nitrogen and oxygen atoms in total. The average Bonchev–Trinajstić information content (AvgIpc) is 2.17. The Kier molecular flexibility index (Phi) is 2.32. The first-order valence-electron chi connectivity index (χ1n) is 2.48. The minimum atomic E-state index is -1.01. The Morgan fingerprint density at radius 1 is 2.00 bits per heavy atom. The van der Waals surface area contributed by atoms with Crippen LogP contribution in [0.4, 0.5) is 0 Å². The molecule has 1 atom stereocenters. The molecule has 0 aliphatic carbocycles. The molecule has 2 N–H and O–H groups in total. The highest BCUT2D eigenvalue weighted by Gasteiger charge is 2.12. The Bertz CT molecular complexity index is 128. The number of nitrogens with zero attached hydrogens (tertiary/aromatic N) is 1. The Balaban J connectivity index is 2.33. The summed E-state index contributed by atoms with van der Waals surface area (Å²) in [7, 11) is 0. The minimum absolute atomic E-state index is 0.690. The maximum absolute atomic E-state index is 8.64. The molecule has 1 heterocycles. The van der Waals surface area contributed by atoms with Gasteiger partial charge in [-0.15, -0.1) is 0 Å². The van der Waals surface area contributed by atoms with E-state index in [1.54, 1.807) is 11.8 Å². The molecule has 0 bridgehead atoms. The van der Waals surface area contributed by atoms with Gasteiger partial charge in [-0.1, -0.05) is 0 Å². The Hall–Kier alpha value is -0.260. The predicted molar refractivity (Wildman–Crippen MR) is 36.0 cm³/mol. The largest absolute Gasteiger partial charge is 0.348 e. The quantitative estimate of drug-likeness (QED) is 0.557. The zero-order valence-electron chi connectivity index (χ0n) is 5.00. The average molecular weight is 148 g/mol. The third-order valence-electron chi connectivity index (χ3n) is 0.829. The molecule has 0 saturated heterocycles. The van der Waals surface area contributed by atoms with Crippen molar-refractivity contribution in [1.29, 1.82) is 0 Å². The molecule has 1 rings (SSSR count). The topological polar surface area (TPSA) is 53.9 Å². The molecular weight excluding hydrogens is 140 g/mol. The van der Waals surface area contributed by atoms with Crippen LogP contribution in [-0.4, -0.2) is 29.4 Å². The van der Waals surface area contributed by atoms with Crippen LogP contribution in [0.3, 0.4) is 0 Å². The summed E-state index contributed by atoms with van der Waals surface area (Å²) in [6.45, 7) is 0. The second-order valence-electron chi connectivity index (χ2n) is 1.56. The van der Waals surface area contributed by atoms with E-state index in [1.165, 1.54) is 0 Å². The van der Waals surface area contributed by atoms with Gasteiger partial charge in [-0.05, 0) is 6.26 Å². The molecule has 0 saturated carbocycles. The molecule has 1 unspecified atom stereocenters. The number of thioether (sulfide) groups is 1. The molecule has 0 fully saturated rings. The van der Waals surface area contributed by atoms with Crippen molar-refractivity contribution in [3.05, 3.63) is 0 Å². The summed E-state index contributed by atoms with van der Waals surface area (Å²) < 4.78 is 0.